The van der Waals surface area contributed by atoms with E-state index in [0.717, 1.165) is 0 Å². The number of halogens is 1. The quantitative estimate of drug-likeness (QED) is 0.120. The minimum Gasteiger partial charge on any atom is -0.394 e. The molecular formula is C30H27FN4O4S. The van der Waals surface area contributed by atoms with Crippen LogP contribution < -0.4 is 0 Å². The summed E-state index contributed by atoms with van der Waals surface area (Å²) in [4.78, 5) is 12.3. The standard InChI is InChI=1S/C30H27FN4O4S/c1-40-26-23-25(33-28(31)34-26)35(18-32-23)27-30(38,24(37)22(17-36)39-27)29(19-11-5-2-6-12-19,20-13-7-3-8-14-20)21-15-9-4-10-16-21/h2-16,18,22,24,27,36-38H,17H2,1H3/t22-,24-,27-,30-/m1/s1. The number of hydrogen-bond acceptors (Lipinski definition) is 8. The zero-order valence-electron chi connectivity index (χ0n) is 21.5. The minimum atomic E-state index is -2.17. The number of fused-ring (bicyclic) bond motifs is 1. The predicted octanol–water partition coefficient (Wildman–Crippen LogP) is 3.70. The molecule has 4 atom stereocenters. The third kappa shape index (κ3) is 3.79. The first kappa shape index (κ1) is 26.5. The Hall–Kier alpha value is -3.67. The van der Waals surface area contributed by atoms with Gasteiger partial charge in [0.2, 0.25) is 0 Å². The lowest BCUT2D eigenvalue weighted by Gasteiger charge is -2.50. The Morgan fingerprint density at radius 2 is 1.45 bits per heavy atom. The summed E-state index contributed by atoms with van der Waals surface area (Å²) in [5.74, 6) is 0. The molecule has 3 N–H and O–H groups in total. The highest BCUT2D eigenvalue weighted by Crippen LogP contribution is 2.57. The van der Waals surface area contributed by atoms with Gasteiger partial charge in [-0.25, -0.2) is 4.98 Å². The van der Waals surface area contributed by atoms with Crippen molar-refractivity contribution in [3.8, 4) is 0 Å². The maximum absolute atomic E-state index is 14.6. The fourth-order valence-corrected chi connectivity index (χ4v) is 6.54. The number of rotatable bonds is 7. The zero-order chi connectivity index (χ0) is 27.9. The first-order chi connectivity index (χ1) is 19.5. The Bertz CT molecular complexity index is 1530. The van der Waals surface area contributed by atoms with E-state index in [0.29, 0.717) is 27.2 Å². The number of imidazole rings is 1. The molecule has 0 aliphatic carbocycles. The summed E-state index contributed by atoms with van der Waals surface area (Å²) in [6.45, 7) is -0.569. The van der Waals surface area contributed by atoms with Crippen LogP contribution in [0.3, 0.4) is 0 Å². The predicted molar refractivity (Wildman–Crippen MR) is 148 cm³/mol. The highest BCUT2D eigenvalue weighted by Gasteiger charge is 2.68. The van der Waals surface area contributed by atoms with Gasteiger partial charge in [0, 0.05) is 0 Å². The second-order valence-corrected chi connectivity index (χ2v) is 10.4. The molecule has 0 radical (unpaired) electrons. The van der Waals surface area contributed by atoms with Crippen molar-refractivity contribution in [3.05, 3.63) is 120 Å². The van der Waals surface area contributed by atoms with Gasteiger partial charge in [-0.2, -0.15) is 14.4 Å². The third-order valence-electron chi connectivity index (χ3n) is 7.69. The first-order valence-corrected chi connectivity index (χ1v) is 14.0. The van der Waals surface area contributed by atoms with Gasteiger partial charge in [-0.05, 0) is 22.9 Å². The molecule has 1 aliphatic rings. The highest BCUT2D eigenvalue weighted by molar-refractivity contribution is 7.98. The van der Waals surface area contributed by atoms with Crippen LogP contribution in [0, 0.1) is 6.08 Å². The summed E-state index contributed by atoms with van der Waals surface area (Å²) in [7, 11) is 0. The Morgan fingerprint density at radius 1 is 0.925 bits per heavy atom. The van der Waals surface area contributed by atoms with E-state index in [4.69, 9.17) is 4.74 Å². The number of ether oxygens (including phenoxy) is 1. The molecule has 40 heavy (non-hydrogen) atoms. The SMILES string of the molecule is CSc1nc(F)nc2c1ncn2[C@@H]1O[C@H](CO)[C@@H](O)[C@]1(O)C(c1ccccc1)(c1ccccc1)c1ccccc1. The Balaban J connectivity index is 1.73. The number of aromatic nitrogens is 4. The van der Waals surface area contributed by atoms with Gasteiger partial charge in [-0.3, -0.25) is 4.57 Å². The Kier molecular flexibility index (Phi) is 6.89. The average Bonchev–Trinajstić information content (AvgIpc) is 3.53. The van der Waals surface area contributed by atoms with E-state index in [2.05, 4.69) is 15.0 Å². The molecule has 0 amide bonds. The molecule has 6 rings (SSSR count). The largest absolute Gasteiger partial charge is 0.394 e. The number of nitrogens with zero attached hydrogens (tertiary/aromatic N) is 4. The molecule has 0 saturated carbocycles. The summed E-state index contributed by atoms with van der Waals surface area (Å²) in [6.07, 6.45) is -1.93. The number of hydrogen-bond donors (Lipinski definition) is 3. The van der Waals surface area contributed by atoms with Crippen molar-refractivity contribution in [2.24, 2.45) is 0 Å². The molecule has 3 heterocycles. The lowest BCUT2D eigenvalue weighted by atomic mass is 9.57. The summed E-state index contributed by atoms with van der Waals surface area (Å²) in [5.41, 5.74) is -1.15. The molecule has 1 aliphatic heterocycles. The molecule has 8 nitrogen and oxygen atoms in total. The molecule has 204 valence electrons. The Labute approximate surface area is 234 Å². The van der Waals surface area contributed by atoms with Gasteiger partial charge in [-0.15, -0.1) is 11.8 Å². The van der Waals surface area contributed by atoms with Gasteiger partial charge in [0.15, 0.2) is 17.5 Å². The van der Waals surface area contributed by atoms with Crippen LogP contribution >= 0.6 is 11.8 Å². The van der Waals surface area contributed by atoms with Gasteiger partial charge in [0.05, 0.1) is 18.3 Å². The van der Waals surface area contributed by atoms with Gasteiger partial charge < -0.3 is 20.1 Å². The van der Waals surface area contributed by atoms with Crippen molar-refractivity contribution >= 4 is 22.9 Å². The molecular weight excluding hydrogens is 531 g/mol. The van der Waals surface area contributed by atoms with Crippen molar-refractivity contribution in [2.45, 2.75) is 34.5 Å². The van der Waals surface area contributed by atoms with Gasteiger partial charge in [0.25, 0.3) is 0 Å². The molecule has 3 aromatic carbocycles. The highest BCUT2D eigenvalue weighted by atomic mass is 32.2. The van der Waals surface area contributed by atoms with E-state index in [1.165, 1.54) is 22.7 Å². The van der Waals surface area contributed by atoms with E-state index in [-0.39, 0.29) is 5.65 Å². The molecule has 1 saturated heterocycles. The fraction of sp³-hybridized carbons (Fsp3) is 0.233. The van der Waals surface area contributed by atoms with Crippen molar-refractivity contribution in [2.75, 3.05) is 12.9 Å². The summed E-state index contributed by atoms with van der Waals surface area (Å²) in [5, 5.41) is 35.8. The van der Waals surface area contributed by atoms with Crippen LogP contribution in [0.1, 0.15) is 22.9 Å². The van der Waals surface area contributed by atoms with Crippen LogP contribution in [0.25, 0.3) is 11.2 Å². The number of thioether (sulfide) groups is 1. The van der Waals surface area contributed by atoms with Gasteiger partial charge >= 0.3 is 6.08 Å². The van der Waals surface area contributed by atoms with E-state index in [1.54, 1.807) is 6.26 Å². The maximum atomic E-state index is 14.6. The van der Waals surface area contributed by atoms with E-state index in [1.807, 2.05) is 91.0 Å². The van der Waals surface area contributed by atoms with Crippen LogP contribution in [-0.4, -0.2) is 65.5 Å². The molecule has 1 fully saturated rings. The van der Waals surface area contributed by atoms with Crippen molar-refractivity contribution < 1.29 is 24.4 Å². The van der Waals surface area contributed by atoms with Crippen molar-refractivity contribution in [1.82, 2.24) is 19.5 Å². The lowest BCUT2D eigenvalue weighted by molar-refractivity contribution is -0.136. The van der Waals surface area contributed by atoms with E-state index >= 15 is 0 Å². The van der Waals surface area contributed by atoms with Crippen LogP contribution in [0.15, 0.2) is 102 Å². The maximum Gasteiger partial charge on any atom is 0.311 e. The second kappa shape index (κ2) is 10.4. The first-order valence-electron chi connectivity index (χ1n) is 12.7. The number of benzene rings is 3. The monoisotopic (exact) mass is 558 g/mol. The number of aliphatic hydroxyl groups is 3. The topological polar surface area (TPSA) is 114 Å². The van der Waals surface area contributed by atoms with Crippen LogP contribution in [0.4, 0.5) is 4.39 Å². The molecule has 0 spiro atoms. The van der Waals surface area contributed by atoms with Gasteiger partial charge in [-0.1, -0.05) is 91.0 Å². The normalized spacial score (nSPS) is 23.1. The van der Waals surface area contributed by atoms with Crippen molar-refractivity contribution in [1.29, 1.82) is 0 Å². The summed E-state index contributed by atoms with van der Waals surface area (Å²) >= 11 is 1.21. The molecule has 2 aromatic heterocycles. The van der Waals surface area contributed by atoms with Crippen LogP contribution in [0.2, 0.25) is 0 Å². The van der Waals surface area contributed by atoms with E-state index < -0.39 is 42.1 Å². The molecule has 10 heteroatoms. The molecule has 0 bridgehead atoms. The van der Waals surface area contributed by atoms with E-state index in [9.17, 15) is 19.7 Å². The molecule has 0 unspecified atom stereocenters. The second-order valence-electron chi connectivity index (χ2n) is 9.65. The Morgan fingerprint density at radius 3 is 1.93 bits per heavy atom. The van der Waals surface area contributed by atoms with Crippen molar-refractivity contribution in [3.63, 3.8) is 0 Å². The van der Waals surface area contributed by atoms with Crippen LogP contribution in [0.5, 0.6) is 0 Å². The smallest absolute Gasteiger partial charge is 0.311 e. The summed E-state index contributed by atoms with van der Waals surface area (Å²) in [6, 6.07) is 28.1. The van der Waals surface area contributed by atoms with Gasteiger partial charge in [0.1, 0.15) is 22.8 Å². The summed E-state index contributed by atoms with van der Waals surface area (Å²) < 4.78 is 22.3. The average molecular weight is 559 g/mol. The van der Waals surface area contributed by atoms with Crippen LogP contribution in [-0.2, 0) is 10.2 Å². The zero-order valence-corrected chi connectivity index (χ0v) is 22.3. The molecule has 5 aromatic rings. The third-order valence-corrected chi connectivity index (χ3v) is 8.36. The lowest BCUT2D eigenvalue weighted by Crippen LogP contribution is -2.62. The fourth-order valence-electron chi connectivity index (χ4n) is 6.04. The minimum absolute atomic E-state index is 0.0918. The number of aliphatic hydroxyl groups excluding tert-OH is 2.